The Balaban J connectivity index is 1.63. The minimum absolute atomic E-state index is 0.498. The lowest BCUT2D eigenvalue weighted by Gasteiger charge is -2.39. The Hall–Kier alpha value is -1.92. The molecule has 0 radical (unpaired) electrons. The van der Waals surface area contributed by atoms with Gasteiger partial charge in [-0.15, -0.1) is 0 Å². The molecule has 2 aromatic heterocycles. The highest BCUT2D eigenvalue weighted by atomic mass is 16.5. The van der Waals surface area contributed by atoms with E-state index in [1.54, 1.807) is 7.11 Å². The molecule has 0 spiro atoms. The summed E-state index contributed by atoms with van der Waals surface area (Å²) in [5.74, 6) is 2.09. The van der Waals surface area contributed by atoms with Gasteiger partial charge in [0.25, 0.3) is 0 Å². The Morgan fingerprint density at radius 3 is 2.64 bits per heavy atom. The van der Waals surface area contributed by atoms with Crippen molar-refractivity contribution < 1.29 is 4.74 Å². The molecule has 0 amide bonds. The number of methoxy groups -OCH3 is 1. The standard InChI is InChI=1S/C19H29N5O/c1-14-10-21-17(16(3)19(14)25-5)12-23-8-9-24(15(2)11-23)13-18-20-6-7-22(18)4/h6-7,10,15H,8-9,11-13H2,1-5H3/t15-/m1/s1. The average molecular weight is 343 g/mol. The SMILES string of the molecule is COc1c(C)cnc(CN2CCN(Cc3nccn3C)[C@H](C)C2)c1C. The van der Waals surface area contributed by atoms with E-state index in [-0.39, 0.29) is 0 Å². The van der Waals surface area contributed by atoms with E-state index in [0.29, 0.717) is 6.04 Å². The number of rotatable bonds is 5. The van der Waals surface area contributed by atoms with Gasteiger partial charge in [0, 0.05) is 69.0 Å². The summed E-state index contributed by atoms with van der Waals surface area (Å²) in [5.41, 5.74) is 3.37. The fourth-order valence-corrected chi connectivity index (χ4v) is 3.62. The van der Waals surface area contributed by atoms with Crippen LogP contribution in [-0.2, 0) is 20.1 Å². The molecule has 1 atom stereocenters. The van der Waals surface area contributed by atoms with Crippen LogP contribution in [0.1, 0.15) is 29.6 Å². The Morgan fingerprint density at radius 1 is 1.20 bits per heavy atom. The molecule has 0 bridgehead atoms. The molecule has 2 aromatic rings. The smallest absolute Gasteiger partial charge is 0.128 e. The van der Waals surface area contributed by atoms with Gasteiger partial charge < -0.3 is 9.30 Å². The highest BCUT2D eigenvalue weighted by Crippen LogP contribution is 2.25. The van der Waals surface area contributed by atoms with E-state index in [1.165, 1.54) is 0 Å². The van der Waals surface area contributed by atoms with E-state index in [2.05, 4.69) is 45.2 Å². The Bertz CT molecular complexity index is 727. The second-order valence-corrected chi connectivity index (χ2v) is 7.06. The number of hydrogen-bond donors (Lipinski definition) is 0. The molecule has 0 saturated carbocycles. The summed E-state index contributed by atoms with van der Waals surface area (Å²) in [7, 11) is 3.79. The molecular weight excluding hydrogens is 314 g/mol. The molecule has 1 saturated heterocycles. The molecule has 1 aliphatic rings. The number of imidazole rings is 1. The van der Waals surface area contributed by atoms with Crippen LogP contribution in [0.5, 0.6) is 5.75 Å². The fraction of sp³-hybridized carbons (Fsp3) is 0.579. The van der Waals surface area contributed by atoms with Crippen molar-refractivity contribution in [1.82, 2.24) is 24.3 Å². The largest absolute Gasteiger partial charge is 0.496 e. The zero-order valence-corrected chi connectivity index (χ0v) is 16.0. The number of hydrogen-bond acceptors (Lipinski definition) is 5. The third kappa shape index (κ3) is 3.85. The first-order valence-corrected chi connectivity index (χ1v) is 8.91. The molecule has 3 rings (SSSR count). The van der Waals surface area contributed by atoms with Crippen LogP contribution in [-0.4, -0.2) is 57.1 Å². The zero-order chi connectivity index (χ0) is 18.0. The number of pyridine rings is 1. The molecule has 25 heavy (non-hydrogen) atoms. The van der Waals surface area contributed by atoms with Gasteiger partial charge in [0.05, 0.1) is 19.3 Å². The summed E-state index contributed by atoms with van der Waals surface area (Å²) in [6.45, 7) is 11.4. The molecule has 0 aliphatic carbocycles. The molecule has 0 aromatic carbocycles. The van der Waals surface area contributed by atoms with Gasteiger partial charge in [-0.25, -0.2) is 4.98 Å². The molecule has 1 fully saturated rings. The number of nitrogens with zero attached hydrogens (tertiary/aromatic N) is 5. The lowest BCUT2D eigenvalue weighted by Crippen LogP contribution is -2.51. The number of aromatic nitrogens is 3. The number of ether oxygens (including phenoxy) is 1. The van der Waals surface area contributed by atoms with Crippen LogP contribution < -0.4 is 4.74 Å². The maximum atomic E-state index is 5.54. The monoisotopic (exact) mass is 343 g/mol. The third-order valence-electron chi connectivity index (χ3n) is 5.24. The van der Waals surface area contributed by atoms with Crippen LogP contribution in [0, 0.1) is 13.8 Å². The molecule has 3 heterocycles. The molecule has 136 valence electrons. The van der Waals surface area contributed by atoms with Crippen molar-refractivity contribution in [3.05, 3.63) is 41.2 Å². The lowest BCUT2D eigenvalue weighted by atomic mass is 10.1. The predicted octanol–water partition coefficient (Wildman–Crippen LogP) is 2.15. The van der Waals surface area contributed by atoms with Gasteiger partial charge in [0.1, 0.15) is 11.6 Å². The summed E-state index contributed by atoms with van der Waals surface area (Å²) in [5, 5.41) is 0. The maximum absolute atomic E-state index is 5.54. The Morgan fingerprint density at radius 2 is 2.00 bits per heavy atom. The average Bonchev–Trinajstić information content (AvgIpc) is 2.98. The van der Waals surface area contributed by atoms with Gasteiger partial charge in [-0.05, 0) is 20.8 Å². The van der Waals surface area contributed by atoms with E-state index in [4.69, 9.17) is 4.74 Å². The first kappa shape index (κ1) is 17.9. The summed E-state index contributed by atoms with van der Waals surface area (Å²) >= 11 is 0. The van der Waals surface area contributed by atoms with Crippen LogP contribution >= 0.6 is 0 Å². The molecule has 0 N–H and O–H groups in total. The summed E-state index contributed by atoms with van der Waals surface area (Å²) in [6, 6.07) is 0.498. The Labute approximate surface area is 150 Å². The van der Waals surface area contributed by atoms with E-state index in [0.717, 1.165) is 61.1 Å². The van der Waals surface area contributed by atoms with Gasteiger partial charge in [-0.2, -0.15) is 0 Å². The van der Waals surface area contributed by atoms with Crippen molar-refractivity contribution in [2.75, 3.05) is 26.7 Å². The van der Waals surface area contributed by atoms with Crippen molar-refractivity contribution in [3.63, 3.8) is 0 Å². The Kier molecular flexibility index (Phi) is 5.39. The summed E-state index contributed by atoms with van der Waals surface area (Å²) in [6.07, 6.45) is 5.80. The minimum Gasteiger partial charge on any atom is -0.496 e. The normalized spacial score (nSPS) is 19.3. The summed E-state index contributed by atoms with van der Waals surface area (Å²) < 4.78 is 7.64. The van der Waals surface area contributed by atoms with E-state index in [1.807, 2.05) is 25.5 Å². The molecule has 0 unspecified atom stereocenters. The quantitative estimate of drug-likeness (QED) is 0.832. The highest BCUT2D eigenvalue weighted by molar-refractivity contribution is 5.41. The van der Waals surface area contributed by atoms with Gasteiger partial charge in [0.15, 0.2) is 0 Å². The van der Waals surface area contributed by atoms with Crippen molar-refractivity contribution in [3.8, 4) is 5.75 Å². The first-order chi connectivity index (χ1) is 12.0. The van der Waals surface area contributed by atoms with Gasteiger partial charge in [-0.3, -0.25) is 14.8 Å². The van der Waals surface area contributed by atoms with Gasteiger partial charge >= 0.3 is 0 Å². The second kappa shape index (κ2) is 7.54. The van der Waals surface area contributed by atoms with Crippen molar-refractivity contribution in [1.29, 1.82) is 0 Å². The van der Waals surface area contributed by atoms with Crippen molar-refractivity contribution in [2.24, 2.45) is 7.05 Å². The predicted molar refractivity (Wildman–Crippen MR) is 98.6 cm³/mol. The maximum Gasteiger partial charge on any atom is 0.128 e. The van der Waals surface area contributed by atoms with Crippen molar-refractivity contribution in [2.45, 2.75) is 39.9 Å². The van der Waals surface area contributed by atoms with Crippen LogP contribution in [0.25, 0.3) is 0 Å². The zero-order valence-electron chi connectivity index (χ0n) is 16.0. The van der Waals surface area contributed by atoms with Gasteiger partial charge in [0.2, 0.25) is 0 Å². The van der Waals surface area contributed by atoms with Crippen molar-refractivity contribution >= 4 is 0 Å². The third-order valence-corrected chi connectivity index (χ3v) is 5.24. The van der Waals surface area contributed by atoms with E-state index in [9.17, 15) is 0 Å². The van der Waals surface area contributed by atoms with Crippen LogP contribution in [0.3, 0.4) is 0 Å². The van der Waals surface area contributed by atoms with Crippen LogP contribution in [0.15, 0.2) is 18.6 Å². The fourth-order valence-electron chi connectivity index (χ4n) is 3.62. The number of piperazine rings is 1. The topological polar surface area (TPSA) is 46.4 Å². The molecule has 6 nitrogen and oxygen atoms in total. The molecule has 1 aliphatic heterocycles. The molecular formula is C19H29N5O. The second-order valence-electron chi connectivity index (χ2n) is 7.06. The first-order valence-electron chi connectivity index (χ1n) is 8.91. The lowest BCUT2D eigenvalue weighted by molar-refractivity contribution is 0.0698. The minimum atomic E-state index is 0.498. The van der Waals surface area contributed by atoms with Crippen LogP contribution in [0.2, 0.25) is 0 Å². The number of aryl methyl sites for hydroxylation is 2. The molecule has 6 heteroatoms. The van der Waals surface area contributed by atoms with E-state index < -0.39 is 0 Å². The van der Waals surface area contributed by atoms with E-state index >= 15 is 0 Å². The van der Waals surface area contributed by atoms with Crippen LogP contribution in [0.4, 0.5) is 0 Å². The summed E-state index contributed by atoms with van der Waals surface area (Å²) in [4.78, 5) is 14.1. The highest BCUT2D eigenvalue weighted by Gasteiger charge is 2.25. The van der Waals surface area contributed by atoms with Gasteiger partial charge in [-0.1, -0.05) is 0 Å².